The van der Waals surface area contributed by atoms with Crippen LogP contribution in [0.1, 0.15) is 111 Å². The molecule has 1 aromatic carbocycles. The van der Waals surface area contributed by atoms with Crippen LogP contribution in [0.3, 0.4) is 0 Å². The number of β-amino-alcohol motifs (C(OH)–C–C–N with tert-alkyl or cyclic N) is 1. The summed E-state index contributed by atoms with van der Waals surface area (Å²) in [6.45, 7) is 13.4. The van der Waals surface area contributed by atoms with E-state index in [0.29, 0.717) is 18.8 Å². The van der Waals surface area contributed by atoms with E-state index in [1.54, 1.807) is 26.3 Å². The highest BCUT2D eigenvalue weighted by molar-refractivity contribution is 7.13. The number of alkyl halides is 1. The average Bonchev–Trinajstić information content (AvgIpc) is 3.45. The van der Waals surface area contributed by atoms with Crippen molar-refractivity contribution in [1.29, 1.82) is 0 Å². The van der Waals surface area contributed by atoms with Crippen LogP contribution in [0.15, 0.2) is 23.7 Å². The molecule has 11 nitrogen and oxygen atoms in total. The molecule has 2 aromatic rings. The van der Waals surface area contributed by atoms with E-state index in [1.165, 1.54) is 16.2 Å². The van der Waals surface area contributed by atoms with Gasteiger partial charge in [0.2, 0.25) is 11.8 Å². The molecule has 1 aliphatic heterocycles. The van der Waals surface area contributed by atoms with Gasteiger partial charge in [-0.15, -0.1) is 11.3 Å². The Morgan fingerprint density at radius 3 is 2.39 bits per heavy atom. The first-order chi connectivity index (χ1) is 23.9. The maximum atomic E-state index is 14.5. The number of halogens is 1. The molecule has 3 amide bonds. The third kappa shape index (κ3) is 11.5. The number of thiazole rings is 1. The monoisotopic (exact) mass is 730 g/mol. The summed E-state index contributed by atoms with van der Waals surface area (Å²) in [6.07, 6.45) is 4.18. The fourth-order valence-corrected chi connectivity index (χ4v) is 6.85. The first-order valence-electron chi connectivity index (χ1n) is 18.0. The molecular weight excluding hydrogens is 676 g/mol. The molecule has 51 heavy (non-hydrogen) atoms. The van der Waals surface area contributed by atoms with Gasteiger partial charge >= 0.3 is 5.97 Å². The van der Waals surface area contributed by atoms with Gasteiger partial charge in [-0.2, -0.15) is 0 Å². The van der Waals surface area contributed by atoms with Crippen LogP contribution in [0.2, 0.25) is 0 Å². The van der Waals surface area contributed by atoms with Crippen molar-refractivity contribution < 1.29 is 38.1 Å². The van der Waals surface area contributed by atoms with E-state index in [4.69, 9.17) is 9.47 Å². The highest BCUT2D eigenvalue weighted by Crippen LogP contribution is 2.40. The minimum atomic E-state index is -1.96. The van der Waals surface area contributed by atoms with Crippen LogP contribution in [0.25, 0.3) is 10.4 Å². The van der Waals surface area contributed by atoms with Crippen molar-refractivity contribution in [3.8, 4) is 16.2 Å². The maximum Gasteiger partial charge on any atom is 0.306 e. The molecule has 1 saturated heterocycles. The van der Waals surface area contributed by atoms with E-state index in [1.807, 2.05) is 45.9 Å². The van der Waals surface area contributed by atoms with Gasteiger partial charge in [0.15, 0.2) is 5.67 Å². The zero-order valence-corrected chi connectivity index (χ0v) is 31.9. The van der Waals surface area contributed by atoms with Gasteiger partial charge in [0.1, 0.15) is 23.4 Å². The van der Waals surface area contributed by atoms with Crippen LogP contribution in [0.5, 0.6) is 5.75 Å². The number of hydrogen-bond donors (Lipinski definition) is 3. The van der Waals surface area contributed by atoms with E-state index in [-0.39, 0.29) is 38.3 Å². The number of esters is 1. The molecule has 0 spiro atoms. The molecule has 282 valence electrons. The predicted molar refractivity (Wildman–Crippen MR) is 194 cm³/mol. The number of rotatable bonds is 16. The lowest BCUT2D eigenvalue weighted by Crippen LogP contribution is -2.59. The lowest BCUT2D eigenvalue weighted by molar-refractivity contribution is -0.155. The second-order valence-electron chi connectivity index (χ2n) is 15.9. The third-order valence-electron chi connectivity index (χ3n) is 9.08. The lowest BCUT2D eigenvalue weighted by atomic mass is 9.85. The highest BCUT2D eigenvalue weighted by atomic mass is 32.1. The Morgan fingerprint density at radius 2 is 1.76 bits per heavy atom. The van der Waals surface area contributed by atoms with Crippen molar-refractivity contribution in [2.45, 2.75) is 142 Å². The molecule has 1 unspecified atom stereocenters. The van der Waals surface area contributed by atoms with Crippen LogP contribution in [-0.4, -0.2) is 81.3 Å². The number of unbranched alkanes of at least 4 members (excludes halogenated alkanes) is 4. The van der Waals surface area contributed by atoms with Crippen LogP contribution in [0.4, 0.5) is 4.39 Å². The van der Waals surface area contributed by atoms with Gasteiger partial charge in [0.05, 0.1) is 28.8 Å². The van der Waals surface area contributed by atoms with Gasteiger partial charge in [-0.1, -0.05) is 52.2 Å². The smallest absolute Gasteiger partial charge is 0.306 e. The standard InChI is InChI=1S/C38H55FN4O7S/c1-24-31(51-23-41-24)25-14-15-26(29(19-25)49-18-12-10-8-9-11-13-30(45)50-37(5,6)7)21-40-33(46)28-20-27(44)22-43(28)34(47)32(36(2,3)4)42-35(48)38(39)16-17-38/h14-15,19,23,27-28,32,44H,8-13,16-18,20-22H2,1-7H3,(H,40,46)(H,42,48)/t27-,28+,32?/m1/s1. The van der Waals surface area contributed by atoms with Gasteiger partial charge in [0.25, 0.3) is 5.91 Å². The van der Waals surface area contributed by atoms with E-state index in [2.05, 4.69) is 15.6 Å². The van der Waals surface area contributed by atoms with Gasteiger partial charge in [-0.05, 0) is 70.4 Å². The Labute approximate surface area is 305 Å². The number of hydrogen-bond acceptors (Lipinski definition) is 9. The largest absolute Gasteiger partial charge is 0.493 e. The van der Waals surface area contributed by atoms with Crippen molar-refractivity contribution >= 4 is 35.0 Å². The Kier molecular flexibility index (Phi) is 13.3. The molecule has 3 atom stereocenters. The average molecular weight is 731 g/mol. The van der Waals surface area contributed by atoms with E-state index >= 15 is 0 Å². The summed E-state index contributed by atoms with van der Waals surface area (Å²) in [4.78, 5) is 58.6. The third-order valence-corrected chi connectivity index (χ3v) is 10.1. The molecule has 4 rings (SSSR count). The Morgan fingerprint density at radius 1 is 1.08 bits per heavy atom. The number of aliphatic hydroxyl groups excluding tert-OH is 1. The molecule has 1 aliphatic carbocycles. The van der Waals surface area contributed by atoms with E-state index < -0.39 is 52.6 Å². The van der Waals surface area contributed by atoms with Crippen LogP contribution >= 0.6 is 11.3 Å². The fourth-order valence-electron chi connectivity index (χ4n) is 6.05. The number of aliphatic hydroxyl groups is 1. The molecule has 2 heterocycles. The number of ether oxygens (including phenoxy) is 2. The zero-order chi connectivity index (χ0) is 37.6. The quantitative estimate of drug-likeness (QED) is 0.145. The second-order valence-corrected chi connectivity index (χ2v) is 16.7. The lowest BCUT2D eigenvalue weighted by Gasteiger charge is -2.35. The number of aryl methyl sites for hydroxylation is 1. The van der Waals surface area contributed by atoms with Crippen LogP contribution in [0, 0.1) is 12.3 Å². The summed E-state index contributed by atoms with van der Waals surface area (Å²) in [5.74, 6) is -1.34. The topological polar surface area (TPSA) is 147 Å². The summed E-state index contributed by atoms with van der Waals surface area (Å²) in [5.41, 5.74) is 1.21. The minimum absolute atomic E-state index is 0.0418. The molecule has 2 fully saturated rings. The molecule has 3 N–H and O–H groups in total. The number of amides is 3. The number of carbonyl (C=O) groups is 4. The number of likely N-dealkylation sites (tertiary alicyclic amines) is 1. The van der Waals surface area contributed by atoms with Crippen LogP contribution in [-0.2, 0) is 30.5 Å². The van der Waals surface area contributed by atoms with Gasteiger partial charge < -0.3 is 30.1 Å². The highest BCUT2D eigenvalue weighted by Gasteiger charge is 2.53. The van der Waals surface area contributed by atoms with Crippen molar-refractivity contribution in [1.82, 2.24) is 20.5 Å². The molecule has 0 radical (unpaired) electrons. The number of carbonyl (C=O) groups excluding carboxylic acids is 4. The first kappa shape index (κ1) is 40.2. The van der Waals surface area contributed by atoms with Crippen molar-refractivity contribution in [2.24, 2.45) is 5.41 Å². The molecule has 2 aliphatic rings. The Hall–Kier alpha value is -3.58. The van der Waals surface area contributed by atoms with Gasteiger partial charge in [-0.25, -0.2) is 9.37 Å². The van der Waals surface area contributed by atoms with Gasteiger partial charge in [0, 0.05) is 31.5 Å². The van der Waals surface area contributed by atoms with E-state index in [9.17, 15) is 28.7 Å². The number of nitrogens with one attached hydrogen (secondary N) is 2. The normalized spacial score (nSPS) is 19.0. The molecule has 1 aromatic heterocycles. The number of benzene rings is 1. The fraction of sp³-hybridized carbons (Fsp3) is 0.658. The number of aromatic nitrogens is 1. The second kappa shape index (κ2) is 16.8. The van der Waals surface area contributed by atoms with Gasteiger partial charge in [-0.3, -0.25) is 19.2 Å². The van der Waals surface area contributed by atoms with Crippen molar-refractivity contribution in [3.05, 3.63) is 35.0 Å². The van der Waals surface area contributed by atoms with Crippen LogP contribution < -0.4 is 15.4 Å². The Bertz CT molecular complexity index is 1550. The minimum Gasteiger partial charge on any atom is -0.493 e. The summed E-state index contributed by atoms with van der Waals surface area (Å²) in [6, 6.07) is 3.78. The van der Waals surface area contributed by atoms with Crippen molar-refractivity contribution in [2.75, 3.05) is 13.2 Å². The summed E-state index contributed by atoms with van der Waals surface area (Å²) >= 11 is 1.53. The van der Waals surface area contributed by atoms with E-state index in [0.717, 1.165) is 53.8 Å². The number of nitrogens with zero attached hydrogens (tertiary/aromatic N) is 2. The predicted octanol–water partition coefficient (Wildman–Crippen LogP) is 5.79. The Balaban J connectivity index is 1.37. The molecule has 13 heteroatoms. The SMILES string of the molecule is Cc1ncsc1-c1ccc(CNC(=O)[C@@H]2C[C@@H](O)CN2C(=O)C(NC(=O)C2(F)CC2)C(C)(C)C)c(OCCCCCCCC(=O)OC(C)(C)C)c1. The summed E-state index contributed by atoms with van der Waals surface area (Å²) in [7, 11) is 0. The molecular formula is C38H55FN4O7S. The molecule has 1 saturated carbocycles. The summed E-state index contributed by atoms with van der Waals surface area (Å²) in [5, 5.41) is 16.1. The zero-order valence-electron chi connectivity index (χ0n) is 31.1. The first-order valence-corrected chi connectivity index (χ1v) is 18.9. The molecule has 0 bridgehead atoms. The van der Waals surface area contributed by atoms with Crippen molar-refractivity contribution in [3.63, 3.8) is 0 Å². The maximum absolute atomic E-state index is 14.5. The summed E-state index contributed by atoms with van der Waals surface area (Å²) < 4.78 is 26.2.